The number of hydrogen-bond acceptors (Lipinski definition) is 12. The van der Waals surface area contributed by atoms with Crippen LogP contribution in [-0.2, 0) is 26.6 Å². The van der Waals surface area contributed by atoms with Crippen molar-refractivity contribution in [1.29, 1.82) is 0 Å². The Morgan fingerprint density at radius 3 is 1.12 bits per heavy atom. The van der Waals surface area contributed by atoms with Gasteiger partial charge >= 0.3 is 17.6 Å². The minimum absolute atomic E-state index is 0.740. The molecule has 0 unspecified atom stereocenters. The molecule has 6 rings (SSSR count). The van der Waals surface area contributed by atoms with Crippen LogP contribution < -0.4 is 0 Å². The minimum Gasteiger partial charge on any atom is -0.372 e. The lowest BCUT2D eigenvalue weighted by molar-refractivity contribution is -0.00878. The molecule has 0 aromatic rings. The van der Waals surface area contributed by atoms with Gasteiger partial charge in [0, 0.05) is 62.9 Å². The van der Waals surface area contributed by atoms with Crippen molar-refractivity contribution in [2.24, 2.45) is 0 Å². The lowest BCUT2D eigenvalue weighted by atomic mass is 10.4. The highest BCUT2D eigenvalue weighted by Gasteiger charge is 2.44. The van der Waals surface area contributed by atoms with Crippen molar-refractivity contribution in [1.82, 2.24) is 9.80 Å². The molecule has 0 atom stereocenters. The Balaban J connectivity index is 1.03. The molecule has 6 fully saturated rings. The van der Waals surface area contributed by atoms with E-state index in [0.717, 1.165) is 115 Å². The lowest BCUT2D eigenvalue weighted by Crippen LogP contribution is -2.55. The molecule has 186 valence electrons. The van der Waals surface area contributed by atoms with Crippen LogP contribution in [0.4, 0.5) is 0 Å². The second kappa shape index (κ2) is 14.3. The molecule has 0 saturated carbocycles. The summed E-state index contributed by atoms with van der Waals surface area (Å²) in [5, 5.41) is 0. The summed E-state index contributed by atoms with van der Waals surface area (Å²) in [4.78, 5) is 4.71. The van der Waals surface area contributed by atoms with Crippen LogP contribution in [0.5, 0.6) is 0 Å². The summed E-state index contributed by atoms with van der Waals surface area (Å²) in [5.74, 6) is 2.19. The van der Waals surface area contributed by atoms with E-state index in [4.69, 9.17) is 26.6 Å². The molecule has 0 aromatic heterocycles. The van der Waals surface area contributed by atoms with E-state index in [1.165, 1.54) is 0 Å². The lowest BCUT2D eigenvalue weighted by Gasteiger charge is -2.38. The standard InChI is InChI=1S/C18H36N2O6S4Si2/c1(17-31-21-9-3-19(4-10-22-31)5-11-23-31)15-27-29-30-28-16-2-18-32-24-12-6-20(7-13-25-32)8-14-26-32/h1-18H2. The molecule has 0 amide bonds. The maximum atomic E-state index is 6.10. The monoisotopic (exact) mass is 560 g/mol. The zero-order chi connectivity index (χ0) is 22.0. The van der Waals surface area contributed by atoms with Crippen molar-refractivity contribution in [2.75, 3.05) is 90.4 Å². The van der Waals surface area contributed by atoms with E-state index in [1.54, 1.807) is 0 Å². The van der Waals surface area contributed by atoms with Gasteiger partial charge in [0.25, 0.3) is 0 Å². The molecule has 0 spiro atoms. The van der Waals surface area contributed by atoms with Crippen molar-refractivity contribution in [2.45, 2.75) is 24.9 Å². The molecule has 0 aliphatic carbocycles. The molecule has 32 heavy (non-hydrogen) atoms. The third-order valence-corrected chi connectivity index (χ3v) is 18.4. The highest BCUT2D eigenvalue weighted by atomic mass is 33.7. The molecular weight excluding hydrogens is 525 g/mol. The predicted octanol–water partition coefficient (Wildman–Crippen LogP) is 3.08. The summed E-state index contributed by atoms with van der Waals surface area (Å²) >= 11 is 0. The molecule has 0 radical (unpaired) electrons. The number of fused-ring (bicyclic) bond motifs is 12. The van der Waals surface area contributed by atoms with Crippen molar-refractivity contribution < 1.29 is 26.6 Å². The molecule has 4 bridgehead atoms. The van der Waals surface area contributed by atoms with Crippen LogP contribution in [0.15, 0.2) is 0 Å². The van der Waals surface area contributed by atoms with E-state index in [1.807, 2.05) is 41.2 Å². The van der Waals surface area contributed by atoms with Crippen molar-refractivity contribution in [3.8, 4) is 0 Å². The normalized spacial score (nSPS) is 36.0. The second-order valence-electron chi connectivity index (χ2n) is 8.13. The van der Waals surface area contributed by atoms with Gasteiger partial charge in [0.1, 0.15) is 0 Å². The van der Waals surface area contributed by atoms with Crippen LogP contribution in [-0.4, -0.2) is 118 Å². The third-order valence-electron chi connectivity index (χ3n) is 5.92. The molecule has 6 aliphatic heterocycles. The van der Waals surface area contributed by atoms with Gasteiger partial charge < -0.3 is 26.6 Å². The van der Waals surface area contributed by atoms with Gasteiger partial charge in [-0.1, -0.05) is 21.6 Å². The van der Waals surface area contributed by atoms with E-state index >= 15 is 0 Å². The third kappa shape index (κ3) is 8.57. The van der Waals surface area contributed by atoms with E-state index in [-0.39, 0.29) is 0 Å². The Morgan fingerprint density at radius 2 is 0.812 bits per heavy atom. The Kier molecular flexibility index (Phi) is 11.9. The number of nitrogens with zero attached hydrogens (tertiary/aromatic N) is 2. The predicted molar refractivity (Wildman–Crippen MR) is 139 cm³/mol. The molecule has 0 N–H and O–H groups in total. The quantitative estimate of drug-likeness (QED) is 0.212. The maximum Gasteiger partial charge on any atom is 0.501 e. The highest BCUT2D eigenvalue weighted by molar-refractivity contribution is 9.26. The molecular formula is C18H36N2O6S4Si2. The summed E-state index contributed by atoms with van der Waals surface area (Å²) in [6.07, 6.45) is 2.16. The molecule has 6 saturated heterocycles. The minimum atomic E-state index is -2.44. The fourth-order valence-electron chi connectivity index (χ4n) is 4.14. The zero-order valence-electron chi connectivity index (χ0n) is 18.7. The van der Waals surface area contributed by atoms with Crippen LogP contribution in [0.25, 0.3) is 0 Å². The van der Waals surface area contributed by atoms with Gasteiger partial charge in [-0.05, 0) is 32.5 Å². The summed E-state index contributed by atoms with van der Waals surface area (Å²) in [6, 6.07) is 1.87. The van der Waals surface area contributed by atoms with Crippen LogP contribution in [0.1, 0.15) is 12.8 Å². The second-order valence-corrected chi connectivity index (χ2v) is 19.8. The van der Waals surface area contributed by atoms with Gasteiger partial charge in [0.05, 0.1) is 39.6 Å². The SMILES string of the molecule is C(CSSSSCCC[Si]12OCCN(CCO1)CCO2)C[Si]12OCCN(CCO1)CCO2. The summed E-state index contributed by atoms with van der Waals surface area (Å²) in [5.41, 5.74) is 0. The van der Waals surface area contributed by atoms with Gasteiger partial charge in [-0.2, -0.15) is 0 Å². The summed E-state index contributed by atoms with van der Waals surface area (Å²) in [6.45, 7) is 10.5. The van der Waals surface area contributed by atoms with E-state index in [9.17, 15) is 0 Å². The van der Waals surface area contributed by atoms with Gasteiger partial charge in [0.15, 0.2) is 0 Å². The number of hydrogen-bond donors (Lipinski definition) is 0. The van der Waals surface area contributed by atoms with Gasteiger partial charge in [-0.25, -0.2) is 0 Å². The van der Waals surface area contributed by atoms with E-state index in [0.29, 0.717) is 0 Å². The van der Waals surface area contributed by atoms with Crippen molar-refractivity contribution in [3.63, 3.8) is 0 Å². The van der Waals surface area contributed by atoms with Crippen LogP contribution in [0.3, 0.4) is 0 Å². The Hall–Kier alpha value is 1.51. The molecule has 14 heteroatoms. The van der Waals surface area contributed by atoms with Gasteiger partial charge in [-0.3, -0.25) is 9.80 Å². The van der Waals surface area contributed by atoms with E-state index in [2.05, 4.69) is 9.80 Å². The van der Waals surface area contributed by atoms with Crippen LogP contribution in [0.2, 0.25) is 12.1 Å². The van der Waals surface area contributed by atoms with Crippen molar-refractivity contribution in [3.05, 3.63) is 0 Å². The smallest absolute Gasteiger partial charge is 0.372 e. The maximum absolute atomic E-state index is 6.10. The first kappa shape index (κ1) is 26.6. The first-order valence-electron chi connectivity index (χ1n) is 11.6. The summed E-state index contributed by atoms with van der Waals surface area (Å²) < 4.78 is 36.6. The largest absolute Gasteiger partial charge is 0.501 e. The Morgan fingerprint density at radius 1 is 0.500 bits per heavy atom. The van der Waals surface area contributed by atoms with Crippen LogP contribution >= 0.6 is 41.2 Å². The fraction of sp³-hybridized carbons (Fsp3) is 1.00. The average molecular weight is 561 g/mol. The highest BCUT2D eigenvalue weighted by Crippen LogP contribution is 2.44. The van der Waals surface area contributed by atoms with E-state index < -0.39 is 17.6 Å². The first-order valence-corrected chi connectivity index (χ1v) is 20.7. The van der Waals surface area contributed by atoms with Crippen molar-refractivity contribution >= 4 is 58.8 Å². The molecule has 6 heterocycles. The Labute approximate surface area is 209 Å². The topological polar surface area (TPSA) is 61.9 Å². The Bertz CT molecular complexity index is 463. The zero-order valence-corrected chi connectivity index (χ0v) is 24.0. The summed E-state index contributed by atoms with van der Waals surface area (Å²) in [7, 11) is 2.69. The van der Waals surface area contributed by atoms with Gasteiger partial charge in [-0.15, -0.1) is 0 Å². The first-order chi connectivity index (χ1) is 15.8. The fourth-order valence-corrected chi connectivity index (χ4v) is 15.8. The average Bonchev–Trinajstić information content (AvgIpc) is 2.70. The molecule has 8 nitrogen and oxygen atoms in total. The van der Waals surface area contributed by atoms with Crippen LogP contribution in [0, 0.1) is 0 Å². The van der Waals surface area contributed by atoms with Gasteiger partial charge in [0.2, 0.25) is 0 Å². The molecule has 0 aromatic carbocycles. The number of rotatable bonds is 11. The molecule has 6 aliphatic rings.